The van der Waals surface area contributed by atoms with Crippen molar-refractivity contribution in [3.05, 3.63) is 91.6 Å². The van der Waals surface area contributed by atoms with Crippen LogP contribution in [0.5, 0.6) is 0 Å². The smallest absolute Gasteiger partial charge is 0.339 e. The number of carbonyl (C=O) groups is 4. The number of pyridine rings is 1. The number of aryl methyl sites for hydroxylation is 1. The zero-order valence-corrected chi connectivity index (χ0v) is 25.3. The predicted octanol–water partition coefficient (Wildman–Crippen LogP) is 7.04. The van der Waals surface area contributed by atoms with E-state index in [1.165, 1.54) is 16.2 Å². The predicted molar refractivity (Wildman–Crippen MR) is 164 cm³/mol. The molecule has 0 radical (unpaired) electrons. The Hall–Kier alpha value is -3.66. The summed E-state index contributed by atoms with van der Waals surface area (Å²) in [4.78, 5) is 59.0. The Balaban J connectivity index is 1.22. The van der Waals surface area contributed by atoms with Crippen LogP contribution in [0, 0.1) is 30.6 Å². The molecule has 4 unspecified atom stereocenters. The van der Waals surface area contributed by atoms with Crippen molar-refractivity contribution in [3.8, 4) is 11.3 Å². The number of halogens is 2. The summed E-state index contributed by atoms with van der Waals surface area (Å²) in [6, 6.07) is 13.8. The number of anilines is 1. The molecule has 2 aromatic heterocycles. The molecule has 2 aliphatic carbocycles. The van der Waals surface area contributed by atoms with Crippen LogP contribution in [0.15, 0.2) is 70.5 Å². The number of carbonyl (C=O) groups excluding carboxylic acids is 4. The second-order valence-corrected chi connectivity index (χ2v) is 13.0. The Morgan fingerprint density at radius 1 is 1.07 bits per heavy atom. The van der Waals surface area contributed by atoms with Gasteiger partial charge in [-0.15, -0.1) is 11.3 Å². The van der Waals surface area contributed by atoms with Crippen LogP contribution in [-0.2, 0) is 14.3 Å². The summed E-state index contributed by atoms with van der Waals surface area (Å²) in [5, 5.41) is 2.78. The second-order valence-electron chi connectivity index (χ2n) is 10.8. The monoisotopic (exact) mass is 660 g/mol. The molecule has 2 amide bonds. The van der Waals surface area contributed by atoms with Gasteiger partial charge >= 0.3 is 5.97 Å². The highest BCUT2D eigenvalue weighted by molar-refractivity contribution is 9.10. The van der Waals surface area contributed by atoms with Crippen molar-refractivity contribution >= 4 is 79.0 Å². The molecule has 210 valence electrons. The summed E-state index contributed by atoms with van der Waals surface area (Å²) in [7, 11) is 0. The fourth-order valence-corrected chi connectivity index (χ4v) is 7.75. The van der Waals surface area contributed by atoms with Gasteiger partial charge in [-0.1, -0.05) is 42.0 Å². The van der Waals surface area contributed by atoms with Crippen molar-refractivity contribution in [2.24, 2.45) is 23.7 Å². The topological polar surface area (TPSA) is 93.6 Å². The first-order valence-corrected chi connectivity index (χ1v) is 15.5. The van der Waals surface area contributed by atoms with E-state index in [0.29, 0.717) is 47.8 Å². The molecule has 1 aliphatic heterocycles. The number of hydrogen-bond donors (Lipinski definition) is 0. The minimum absolute atomic E-state index is 0.136. The largest absolute Gasteiger partial charge is 0.454 e. The first kappa shape index (κ1) is 27.2. The normalized spacial score (nSPS) is 22.3. The number of allylic oxidation sites excluding steroid dienone is 2. The molecule has 3 aliphatic rings. The molecular weight excluding hydrogens is 640 g/mol. The Morgan fingerprint density at radius 2 is 1.76 bits per heavy atom. The van der Waals surface area contributed by atoms with Gasteiger partial charge in [-0.3, -0.25) is 19.3 Å². The Morgan fingerprint density at radius 3 is 2.40 bits per heavy atom. The number of Topliss-reactive ketones (excluding diaryl/α,β-unsaturated/α-hetero) is 1. The number of amides is 2. The summed E-state index contributed by atoms with van der Waals surface area (Å²) in [5.41, 5.74) is 3.08. The van der Waals surface area contributed by atoms with Gasteiger partial charge < -0.3 is 4.74 Å². The van der Waals surface area contributed by atoms with Gasteiger partial charge in [0.25, 0.3) is 0 Å². The van der Waals surface area contributed by atoms with E-state index >= 15 is 0 Å². The van der Waals surface area contributed by atoms with Crippen molar-refractivity contribution < 1.29 is 23.9 Å². The second kappa shape index (κ2) is 10.3. The highest BCUT2D eigenvalue weighted by Crippen LogP contribution is 2.53. The number of ketones is 1. The highest BCUT2D eigenvalue weighted by atomic mass is 79.9. The summed E-state index contributed by atoms with van der Waals surface area (Å²) in [5.74, 6) is -1.52. The van der Waals surface area contributed by atoms with Gasteiger partial charge in [-0.05, 0) is 82.4 Å². The van der Waals surface area contributed by atoms with Crippen molar-refractivity contribution in [2.75, 3.05) is 11.5 Å². The summed E-state index contributed by atoms with van der Waals surface area (Å²) >= 11 is 11.2. The van der Waals surface area contributed by atoms with Crippen molar-refractivity contribution in [1.29, 1.82) is 0 Å². The third-order valence-corrected chi connectivity index (χ3v) is 10.7. The van der Waals surface area contributed by atoms with E-state index < -0.39 is 12.6 Å². The molecule has 1 saturated heterocycles. The van der Waals surface area contributed by atoms with E-state index in [0.717, 1.165) is 6.42 Å². The lowest BCUT2D eigenvalue weighted by atomic mass is 9.85. The van der Waals surface area contributed by atoms with Crippen LogP contribution in [0.25, 0.3) is 22.2 Å². The van der Waals surface area contributed by atoms with E-state index in [2.05, 4.69) is 28.1 Å². The first-order chi connectivity index (χ1) is 20.2. The van der Waals surface area contributed by atoms with Crippen LogP contribution in [0.4, 0.5) is 5.69 Å². The number of rotatable bonds is 6. The van der Waals surface area contributed by atoms with Crippen molar-refractivity contribution in [1.82, 2.24) is 4.98 Å². The average Bonchev–Trinajstić information content (AvgIpc) is 3.80. The fourth-order valence-electron chi connectivity index (χ4n) is 6.43. The third kappa shape index (κ3) is 4.25. The molecule has 42 heavy (non-hydrogen) atoms. The van der Waals surface area contributed by atoms with Gasteiger partial charge in [0.15, 0.2) is 6.61 Å². The molecule has 2 aromatic carbocycles. The molecule has 1 saturated carbocycles. The maximum Gasteiger partial charge on any atom is 0.339 e. The van der Waals surface area contributed by atoms with Gasteiger partial charge in [-0.25, -0.2) is 9.78 Å². The number of nitrogens with zero attached hydrogens (tertiary/aromatic N) is 2. The Bertz CT molecular complexity index is 1820. The number of esters is 1. The molecule has 10 heteroatoms. The molecule has 0 N–H and O–H groups in total. The van der Waals surface area contributed by atoms with Crippen LogP contribution >= 0.6 is 38.9 Å². The summed E-state index contributed by atoms with van der Waals surface area (Å²) in [6.07, 6.45) is 5.02. The van der Waals surface area contributed by atoms with Gasteiger partial charge in [0.1, 0.15) is 0 Å². The molecule has 4 aromatic rings. The van der Waals surface area contributed by atoms with Gasteiger partial charge in [0, 0.05) is 15.4 Å². The molecule has 7 rings (SSSR count). The zero-order chi connectivity index (χ0) is 29.3. The van der Waals surface area contributed by atoms with E-state index in [9.17, 15) is 19.2 Å². The maximum absolute atomic E-state index is 13.3. The van der Waals surface area contributed by atoms with Crippen LogP contribution < -0.4 is 4.90 Å². The lowest BCUT2D eigenvalue weighted by molar-refractivity contribution is -0.123. The standard InChI is InChI=1S/C32H22BrClN2O5S/c1-15-28(34)22(33)12-20-21(32(40)41-14-24(37)25-3-2-10-42-25)13-23(35-29(15)20)16-6-8-19(9-7-16)36-30(38)26-17-4-5-18(11-17)27(26)31(36)39/h2-10,12-13,17-18,26-27H,11,14H2,1H3. The summed E-state index contributed by atoms with van der Waals surface area (Å²) < 4.78 is 6.05. The number of imide groups is 1. The molecule has 0 spiro atoms. The fraction of sp³-hybridized carbons (Fsp3) is 0.219. The molecule has 4 atom stereocenters. The minimum atomic E-state index is -0.665. The van der Waals surface area contributed by atoms with Gasteiger partial charge in [0.05, 0.1) is 44.2 Å². The van der Waals surface area contributed by atoms with Crippen LogP contribution in [0.2, 0.25) is 5.02 Å². The number of ether oxygens (including phenoxy) is 1. The first-order valence-electron chi connectivity index (χ1n) is 13.4. The molecule has 3 heterocycles. The lowest BCUT2D eigenvalue weighted by Crippen LogP contribution is -2.32. The Labute approximate surface area is 258 Å². The lowest BCUT2D eigenvalue weighted by Gasteiger charge is -2.18. The van der Waals surface area contributed by atoms with E-state index in [-0.39, 0.29) is 46.8 Å². The van der Waals surface area contributed by atoms with Crippen LogP contribution in [0.1, 0.15) is 32.0 Å². The van der Waals surface area contributed by atoms with Gasteiger partial charge in [0.2, 0.25) is 17.6 Å². The van der Waals surface area contributed by atoms with E-state index in [1.54, 1.807) is 53.9 Å². The molecule has 7 nitrogen and oxygen atoms in total. The molecule has 2 bridgehead atoms. The SMILES string of the molecule is Cc1c(Cl)c(Br)cc2c(C(=O)OCC(=O)c3cccs3)cc(-c3ccc(N4C(=O)C5C6C=CC(C6)C5C4=O)cc3)nc12. The van der Waals surface area contributed by atoms with E-state index in [4.69, 9.17) is 21.3 Å². The highest BCUT2D eigenvalue weighted by Gasteiger charge is 2.59. The summed E-state index contributed by atoms with van der Waals surface area (Å²) in [6.45, 7) is 1.42. The number of hydrogen-bond acceptors (Lipinski definition) is 7. The molecule has 2 fully saturated rings. The maximum atomic E-state index is 13.3. The number of thiophene rings is 1. The number of aromatic nitrogens is 1. The number of benzene rings is 2. The van der Waals surface area contributed by atoms with Crippen molar-refractivity contribution in [3.63, 3.8) is 0 Å². The van der Waals surface area contributed by atoms with Crippen molar-refractivity contribution in [2.45, 2.75) is 13.3 Å². The van der Waals surface area contributed by atoms with Gasteiger partial charge in [-0.2, -0.15) is 0 Å². The van der Waals surface area contributed by atoms with E-state index in [1.807, 2.05) is 6.92 Å². The number of fused-ring (bicyclic) bond motifs is 6. The zero-order valence-electron chi connectivity index (χ0n) is 22.2. The minimum Gasteiger partial charge on any atom is -0.454 e. The van der Waals surface area contributed by atoms with Crippen LogP contribution in [0.3, 0.4) is 0 Å². The molecular formula is C32H22BrClN2O5S. The third-order valence-electron chi connectivity index (χ3n) is 8.47. The Kier molecular flexibility index (Phi) is 6.64. The quantitative estimate of drug-likeness (QED) is 0.0953. The van der Waals surface area contributed by atoms with Crippen LogP contribution in [-0.4, -0.2) is 35.2 Å². The average molecular weight is 662 g/mol.